The highest BCUT2D eigenvalue weighted by atomic mass is 16.6. The molecular formula is C22H31N3O4. The van der Waals surface area contributed by atoms with Gasteiger partial charge in [-0.05, 0) is 31.7 Å². The number of ether oxygens (including phenoxy) is 1. The summed E-state index contributed by atoms with van der Waals surface area (Å²) < 4.78 is 5.07. The van der Waals surface area contributed by atoms with Gasteiger partial charge in [0.1, 0.15) is 0 Å². The first-order chi connectivity index (χ1) is 14.1. The summed E-state index contributed by atoms with van der Waals surface area (Å²) in [6.45, 7) is 6.25. The summed E-state index contributed by atoms with van der Waals surface area (Å²) in [7, 11) is 0. The zero-order chi connectivity index (χ0) is 20.6. The fraction of sp³-hybridized carbons (Fsp3) is 0.591. The predicted octanol–water partition coefficient (Wildman–Crippen LogP) is 1.95. The highest BCUT2D eigenvalue weighted by molar-refractivity contribution is 6.36. The molecule has 2 fully saturated rings. The van der Waals surface area contributed by atoms with E-state index in [4.69, 9.17) is 4.74 Å². The summed E-state index contributed by atoms with van der Waals surface area (Å²) in [5.41, 5.74) is 1.07. The number of amides is 2. The van der Waals surface area contributed by atoms with Crippen LogP contribution in [0.2, 0.25) is 0 Å². The number of Topliss-reactive ketones (excluding diaryl/α,β-unsaturated/α-hetero) is 1. The molecule has 0 radical (unpaired) electrons. The van der Waals surface area contributed by atoms with E-state index >= 15 is 0 Å². The summed E-state index contributed by atoms with van der Waals surface area (Å²) in [5, 5.41) is 0. The maximum absolute atomic E-state index is 12.6. The van der Waals surface area contributed by atoms with E-state index < -0.39 is 0 Å². The molecule has 3 rings (SSSR count). The SMILES string of the molecule is CCOC(=O)N1CCN(C2CCCN(C(=O)C(=O)CCc3ccccc3)C2)CC1. The second kappa shape index (κ2) is 10.4. The molecule has 158 valence electrons. The van der Waals surface area contributed by atoms with Gasteiger partial charge in [-0.2, -0.15) is 0 Å². The summed E-state index contributed by atoms with van der Waals surface area (Å²) in [6, 6.07) is 10.0. The monoisotopic (exact) mass is 401 g/mol. The van der Waals surface area contributed by atoms with E-state index in [1.54, 1.807) is 9.80 Å². The van der Waals surface area contributed by atoms with Crippen molar-refractivity contribution in [2.75, 3.05) is 45.9 Å². The lowest BCUT2D eigenvalue weighted by Gasteiger charge is -2.42. The Kier molecular flexibility index (Phi) is 7.63. The predicted molar refractivity (Wildman–Crippen MR) is 110 cm³/mol. The highest BCUT2D eigenvalue weighted by Crippen LogP contribution is 2.19. The lowest BCUT2D eigenvalue weighted by Crippen LogP contribution is -2.57. The Morgan fingerprint density at radius 1 is 1.00 bits per heavy atom. The Bertz CT molecular complexity index is 701. The van der Waals surface area contributed by atoms with Crippen molar-refractivity contribution in [2.45, 2.75) is 38.6 Å². The second-order valence-electron chi connectivity index (χ2n) is 7.68. The number of piperazine rings is 1. The molecule has 1 atom stereocenters. The molecule has 7 nitrogen and oxygen atoms in total. The topological polar surface area (TPSA) is 70.2 Å². The van der Waals surface area contributed by atoms with Crippen LogP contribution in [-0.2, 0) is 20.7 Å². The van der Waals surface area contributed by atoms with E-state index in [-0.39, 0.29) is 30.2 Å². The fourth-order valence-corrected chi connectivity index (χ4v) is 4.11. The first-order valence-electron chi connectivity index (χ1n) is 10.6. The largest absolute Gasteiger partial charge is 0.450 e. The van der Waals surface area contributed by atoms with Gasteiger partial charge in [-0.1, -0.05) is 30.3 Å². The molecule has 0 aliphatic carbocycles. The van der Waals surface area contributed by atoms with E-state index in [0.717, 1.165) is 31.5 Å². The molecule has 0 bridgehead atoms. The number of hydrogen-bond acceptors (Lipinski definition) is 5. The Hall–Kier alpha value is -2.41. The molecule has 2 aliphatic rings. The molecule has 2 amide bonds. The number of nitrogens with zero attached hydrogens (tertiary/aromatic N) is 3. The summed E-state index contributed by atoms with van der Waals surface area (Å²) >= 11 is 0. The maximum atomic E-state index is 12.6. The van der Waals surface area contributed by atoms with E-state index in [0.29, 0.717) is 39.2 Å². The van der Waals surface area contributed by atoms with Crippen LogP contribution in [0.3, 0.4) is 0 Å². The number of hydrogen-bond donors (Lipinski definition) is 0. The molecule has 1 aromatic carbocycles. The second-order valence-corrected chi connectivity index (χ2v) is 7.68. The molecule has 0 N–H and O–H groups in total. The van der Waals surface area contributed by atoms with Gasteiger partial charge in [0.2, 0.25) is 5.78 Å². The first kappa shape index (κ1) is 21.3. The van der Waals surface area contributed by atoms with Crippen molar-refractivity contribution in [2.24, 2.45) is 0 Å². The number of rotatable bonds is 6. The molecule has 0 aromatic heterocycles. The molecule has 2 saturated heterocycles. The molecule has 1 unspecified atom stereocenters. The standard InChI is InChI=1S/C22H31N3O4/c1-2-29-22(28)24-15-13-23(14-16-24)19-9-6-12-25(17-19)21(27)20(26)11-10-18-7-4-3-5-8-18/h3-5,7-8,19H,2,6,9-17H2,1H3. The van der Waals surface area contributed by atoms with E-state index in [2.05, 4.69) is 4.90 Å². The van der Waals surface area contributed by atoms with Crippen molar-refractivity contribution in [3.8, 4) is 0 Å². The Labute approximate surface area is 172 Å². The van der Waals surface area contributed by atoms with Crippen LogP contribution in [0.25, 0.3) is 0 Å². The average Bonchev–Trinajstić information content (AvgIpc) is 2.78. The number of carbonyl (C=O) groups is 3. The summed E-state index contributed by atoms with van der Waals surface area (Å²) in [5.74, 6) is -0.655. The molecule has 1 aromatic rings. The molecule has 2 heterocycles. The van der Waals surface area contributed by atoms with Crippen LogP contribution in [0.4, 0.5) is 4.79 Å². The van der Waals surface area contributed by atoms with Crippen LogP contribution >= 0.6 is 0 Å². The molecular weight excluding hydrogens is 370 g/mol. The van der Waals surface area contributed by atoms with Crippen LogP contribution in [0, 0.1) is 0 Å². The maximum Gasteiger partial charge on any atom is 0.409 e. The number of carbonyl (C=O) groups excluding carboxylic acids is 3. The van der Waals surface area contributed by atoms with E-state index in [1.165, 1.54) is 0 Å². The minimum absolute atomic E-state index is 0.249. The van der Waals surface area contributed by atoms with Crippen molar-refractivity contribution in [3.63, 3.8) is 0 Å². The minimum atomic E-state index is -0.351. The van der Waals surface area contributed by atoms with Crippen molar-refractivity contribution >= 4 is 17.8 Å². The quantitative estimate of drug-likeness (QED) is 0.682. The van der Waals surface area contributed by atoms with Gasteiger partial charge in [-0.3, -0.25) is 14.5 Å². The van der Waals surface area contributed by atoms with Gasteiger partial charge in [0.25, 0.3) is 5.91 Å². The third-order valence-corrected chi connectivity index (χ3v) is 5.76. The molecule has 7 heteroatoms. The van der Waals surface area contributed by atoms with Crippen molar-refractivity contribution < 1.29 is 19.1 Å². The lowest BCUT2D eigenvalue weighted by molar-refractivity contribution is -0.146. The normalized spacial score (nSPS) is 20.4. The Morgan fingerprint density at radius 3 is 2.41 bits per heavy atom. The number of benzene rings is 1. The summed E-state index contributed by atoms with van der Waals surface area (Å²) in [6.07, 6.45) is 2.51. The third kappa shape index (κ3) is 5.79. The van der Waals surface area contributed by atoms with Crippen LogP contribution < -0.4 is 0 Å². The Morgan fingerprint density at radius 2 is 1.72 bits per heavy atom. The number of piperidine rings is 1. The van der Waals surface area contributed by atoms with E-state index in [1.807, 2.05) is 37.3 Å². The molecule has 0 saturated carbocycles. The number of likely N-dealkylation sites (tertiary alicyclic amines) is 1. The Balaban J connectivity index is 1.47. The average molecular weight is 402 g/mol. The van der Waals surface area contributed by atoms with Gasteiger partial charge in [0.05, 0.1) is 6.61 Å². The first-order valence-corrected chi connectivity index (χ1v) is 10.6. The molecule has 2 aliphatic heterocycles. The van der Waals surface area contributed by atoms with Gasteiger partial charge in [-0.15, -0.1) is 0 Å². The molecule has 29 heavy (non-hydrogen) atoms. The fourth-order valence-electron chi connectivity index (χ4n) is 4.11. The van der Waals surface area contributed by atoms with Gasteiger partial charge in [0, 0.05) is 51.7 Å². The van der Waals surface area contributed by atoms with Crippen LogP contribution in [-0.4, -0.2) is 84.4 Å². The van der Waals surface area contributed by atoms with Crippen LogP contribution in [0.15, 0.2) is 30.3 Å². The minimum Gasteiger partial charge on any atom is -0.450 e. The van der Waals surface area contributed by atoms with Gasteiger partial charge in [0.15, 0.2) is 0 Å². The lowest BCUT2D eigenvalue weighted by atomic mass is 10.0. The van der Waals surface area contributed by atoms with Gasteiger partial charge >= 0.3 is 6.09 Å². The van der Waals surface area contributed by atoms with Gasteiger partial charge < -0.3 is 14.5 Å². The van der Waals surface area contributed by atoms with Gasteiger partial charge in [-0.25, -0.2) is 4.79 Å². The van der Waals surface area contributed by atoms with Crippen molar-refractivity contribution in [1.82, 2.24) is 14.7 Å². The summed E-state index contributed by atoms with van der Waals surface area (Å²) in [4.78, 5) is 42.7. The van der Waals surface area contributed by atoms with E-state index in [9.17, 15) is 14.4 Å². The van der Waals surface area contributed by atoms with Crippen molar-refractivity contribution in [1.29, 1.82) is 0 Å². The zero-order valence-electron chi connectivity index (χ0n) is 17.2. The smallest absolute Gasteiger partial charge is 0.409 e. The number of aryl methyl sites for hydroxylation is 1. The number of ketones is 1. The highest BCUT2D eigenvalue weighted by Gasteiger charge is 2.32. The zero-order valence-corrected chi connectivity index (χ0v) is 17.2. The molecule has 0 spiro atoms. The third-order valence-electron chi connectivity index (χ3n) is 5.76. The van der Waals surface area contributed by atoms with Crippen LogP contribution in [0.1, 0.15) is 31.7 Å². The van der Waals surface area contributed by atoms with Crippen molar-refractivity contribution in [3.05, 3.63) is 35.9 Å². The van der Waals surface area contributed by atoms with Crippen LogP contribution in [0.5, 0.6) is 0 Å².